The van der Waals surface area contributed by atoms with Gasteiger partial charge in [-0.05, 0) is 119 Å². The molecule has 9 rings (SSSR count). The molecule has 1 unspecified atom stereocenters. The molecule has 2 aromatic heterocycles. The Bertz CT molecular complexity index is 4720. The van der Waals surface area contributed by atoms with E-state index >= 15 is 0 Å². The number of phosphoric ester groups is 1. The van der Waals surface area contributed by atoms with Crippen molar-refractivity contribution >= 4 is 107 Å². The normalized spacial score (nSPS) is 28.3. The number of imidazole rings is 1. The second-order valence-electron chi connectivity index (χ2n) is 32.2. The van der Waals surface area contributed by atoms with Crippen LogP contribution in [0.3, 0.4) is 0 Å². The third kappa shape index (κ3) is 21.3. The molecule has 6 aliphatic heterocycles. The number of allylic oxidation sites excluding steroid dienone is 6. The number of rotatable bonds is 38. The van der Waals surface area contributed by atoms with Crippen LogP contribution in [-0.2, 0) is 106 Å². The zero-order valence-electron chi connectivity index (χ0n) is 67.6. The van der Waals surface area contributed by atoms with E-state index in [0.29, 0.717) is 56.4 Å². The summed E-state index contributed by atoms with van der Waals surface area (Å²) in [6, 6.07) is 2.55. The van der Waals surface area contributed by atoms with Crippen molar-refractivity contribution in [1.29, 1.82) is 5.26 Å². The number of carbonyl (C=O) groups is 12. The molecular formula is C76H105CoN21O19P. The van der Waals surface area contributed by atoms with Gasteiger partial charge in [0.1, 0.15) is 24.9 Å². The molecule has 40 nitrogen and oxygen atoms in total. The molecule has 6 aliphatic rings. The number of fused-ring (bicyclic) bond motifs is 7. The topological polar surface area (TPSA) is 653 Å². The molecule has 15 atom stereocenters. The summed E-state index contributed by atoms with van der Waals surface area (Å²) in [4.78, 5) is 189. The van der Waals surface area contributed by atoms with Gasteiger partial charge in [0, 0.05) is 127 Å². The Morgan fingerprint density at radius 2 is 1.26 bits per heavy atom. The van der Waals surface area contributed by atoms with Crippen LogP contribution in [0.1, 0.15) is 162 Å². The van der Waals surface area contributed by atoms with Crippen LogP contribution in [0.2, 0.25) is 0 Å². The molecule has 8 heterocycles. The fourth-order valence-corrected chi connectivity index (χ4v) is 18.4. The summed E-state index contributed by atoms with van der Waals surface area (Å²) in [6.07, 6.45) is -4.44. The first-order valence-electron chi connectivity index (χ1n) is 38.2. The van der Waals surface area contributed by atoms with Gasteiger partial charge in [0.15, 0.2) is 6.23 Å². The van der Waals surface area contributed by atoms with Crippen molar-refractivity contribution in [3.05, 3.63) is 87.7 Å². The van der Waals surface area contributed by atoms with E-state index < -0.39 is 199 Å². The largest absolute Gasteiger partial charge is 3.00 e. The number of amides is 11. The Balaban J connectivity index is 0.00000636. The number of hydrogen-bond donors (Lipinski definition) is 13. The number of carbonyl (C=O) groups excluding carboxylic acids is 11. The third-order valence-corrected chi connectivity index (χ3v) is 24.8. The number of benzene rings is 1. The van der Waals surface area contributed by atoms with Crippen LogP contribution >= 0.6 is 7.82 Å². The number of carboxylic acids is 1. The second kappa shape index (κ2) is 38.5. The number of aliphatic carboxylic acids is 1. The van der Waals surface area contributed by atoms with Crippen molar-refractivity contribution in [1.82, 2.24) is 51.1 Å². The average Bonchev–Trinajstić information content (AvgIpc) is 1.52. The molecule has 19 N–H and O–H groups in total. The molecule has 2 saturated heterocycles. The Hall–Kier alpha value is -10.5. The number of aromatic nitrogens is 5. The van der Waals surface area contributed by atoms with Crippen molar-refractivity contribution in [2.75, 3.05) is 32.7 Å². The van der Waals surface area contributed by atoms with E-state index in [-0.39, 0.29) is 112 Å². The number of nitrogens with two attached hydrogens (primary N) is 6. The van der Waals surface area contributed by atoms with Crippen molar-refractivity contribution in [2.45, 2.75) is 208 Å². The predicted molar refractivity (Wildman–Crippen MR) is 418 cm³/mol. The molecule has 3 aromatic rings. The Labute approximate surface area is 691 Å². The number of nitrogens with zero attached hydrogens (tertiary/aromatic N) is 10. The molecule has 11 amide bonds. The number of primary amides is 6. The second-order valence-corrected chi connectivity index (χ2v) is 33.6. The van der Waals surface area contributed by atoms with Crippen LogP contribution in [0.5, 0.6) is 0 Å². The monoisotopic (exact) mass is 1710 g/mol. The van der Waals surface area contributed by atoms with Crippen molar-refractivity contribution < 1.29 is 108 Å². The number of phosphoric acid groups is 1. The summed E-state index contributed by atoms with van der Waals surface area (Å²) >= 11 is 0. The van der Waals surface area contributed by atoms with E-state index in [1.807, 2.05) is 53.7 Å². The van der Waals surface area contributed by atoms with Crippen LogP contribution in [0.4, 0.5) is 0 Å². The van der Waals surface area contributed by atoms with Gasteiger partial charge in [0.05, 0.1) is 66.6 Å². The maximum atomic E-state index is 14.7. The minimum atomic E-state index is -5.52. The number of hydrogen-bond acceptors (Lipinski definition) is 25. The molecule has 118 heavy (non-hydrogen) atoms. The van der Waals surface area contributed by atoms with Crippen LogP contribution in [-0.4, -0.2) is 192 Å². The Morgan fingerprint density at radius 3 is 1.84 bits per heavy atom. The van der Waals surface area contributed by atoms with E-state index in [2.05, 4.69) is 41.9 Å². The molecule has 642 valence electrons. The Kier molecular flexibility index (Phi) is 30.9. The quantitative estimate of drug-likeness (QED) is 0.0269. The molecule has 0 spiro atoms. The third-order valence-electron chi connectivity index (χ3n) is 23.6. The molecule has 0 radical (unpaired) electrons. The number of carboxylic acid groups (broad SMARTS) is 1. The van der Waals surface area contributed by atoms with Crippen molar-refractivity contribution in [3.63, 3.8) is 0 Å². The maximum absolute atomic E-state index is 14.7. The first-order chi connectivity index (χ1) is 54.7. The number of aryl methyl sites for hydroxylation is 3. The number of aliphatic imine (C=N–C) groups is 3. The number of ether oxygens (including phenoxy) is 1. The minimum Gasteiger partial charge on any atom is -0.756 e. The fraction of sp³-hybridized carbons (Fsp3) is 0.592. The standard InChI is InChI=1S/C75H107N20O19P.CN.Co/c1-36-22-47-48(23-37(36)2)95(35-87-47)70-65(109)66(49(112-70)34-94-33-41(92-93-94)12-19-57(102)83-29-59(104)84-30-60(105)85-31-61(106)86-32-62(107)108)114-115(110,111)113-38(3)28-82-58(103)20-21-72(8)45(24-54(79)99)69-75(11)74(10,27-56(81)101)44(15-18-53(78)98)64(91-75)40(5)68-73(9,26-55(80)100)42(13-16-51(76)96)46(88-68)25-50-71(6,7)43(14-17-52(77)97)63(89-50)39(4)67(72)90-69;1-2;/h22-23,25,33,35,38,42-45,49,65-66,69-70,109H,12-21,24,26-32,34H2,1-11H3,(H20,76,77,78,79,80,81,82,83,84,85,86,88,89,90,91,96,97,98,99,100,101,102,103,104,105,106,107,108,110,111);;/q;-1;+3/p-2/t38-,42-,43-,44-,45+,49-,65-,66-,69-,70+,72-,73+,74+,75+;;/m1../s1. The van der Waals surface area contributed by atoms with Gasteiger partial charge in [0.2, 0.25) is 65.0 Å². The van der Waals surface area contributed by atoms with Crippen LogP contribution in [0.15, 0.2) is 73.9 Å². The first-order valence-corrected chi connectivity index (χ1v) is 39.6. The summed E-state index contributed by atoms with van der Waals surface area (Å²) in [5.41, 5.74) is 36.4. The predicted octanol–water partition coefficient (Wildman–Crippen LogP) is 0.191. The number of aliphatic hydroxyl groups excluding tert-OH is 1. The molecule has 0 aliphatic carbocycles. The minimum absolute atomic E-state index is 0. The summed E-state index contributed by atoms with van der Waals surface area (Å²) in [7, 11) is -5.52. The molecule has 8 bridgehead atoms. The molecule has 0 saturated carbocycles. The maximum Gasteiger partial charge on any atom is 3.00 e. The zero-order valence-corrected chi connectivity index (χ0v) is 69.6. The van der Waals surface area contributed by atoms with Gasteiger partial charge in [-0.2, -0.15) is 5.70 Å². The molecular weight excluding hydrogens is 1600 g/mol. The molecule has 42 heteroatoms. The summed E-state index contributed by atoms with van der Waals surface area (Å²) in [5.74, 6) is -11.9. The molecule has 1 aromatic carbocycles. The van der Waals surface area contributed by atoms with Crippen LogP contribution in [0, 0.1) is 71.0 Å². The average molecular weight is 1710 g/mol. The van der Waals surface area contributed by atoms with E-state index in [9.17, 15) is 72.1 Å². The smallest absolute Gasteiger partial charge is 0.756 e. The van der Waals surface area contributed by atoms with Gasteiger partial charge in [0.25, 0.3) is 7.82 Å². The number of aliphatic hydroxyl groups is 1. The summed E-state index contributed by atoms with van der Waals surface area (Å²) < 4.78 is 34.9. The SMILES string of the molecule is C/C1=C2/[N-][C@H]([C@H](CC(N)=O)[C@@]2(C)CCC(=O)NC[C@@H](C)OP(=O)([O-])O[C@H]2[C@@H](O)[C@@H](n3cnc4cc(C)c(C)cc43)O[C@@H]2Cn2cc(CCC(=O)NCC(=O)NCC(=O)NCC(=O)NCC(=O)O)nn2)[C@]2(C)N=C(/C(C)=C3N=C(/C=C4N=C1[C@@H](CCC(N)=O)C\4(C)C)[C@@H](CCC(N)=O)[C@]\3(C)CC(N)=O)[C@@H](CCC(N)=O)[C@]2(C)CC(N)=O.[C-]#N.[Co+3]. The van der Waals surface area contributed by atoms with Gasteiger partial charge >= 0.3 is 22.7 Å². The van der Waals surface area contributed by atoms with E-state index in [1.54, 1.807) is 33.8 Å². The van der Waals surface area contributed by atoms with Gasteiger partial charge in [-0.3, -0.25) is 77.1 Å². The zero-order chi connectivity index (χ0) is 86.9. The Morgan fingerprint density at radius 1 is 0.703 bits per heavy atom. The van der Waals surface area contributed by atoms with Gasteiger partial charge in [-0.15, -0.1) is 5.10 Å². The fourth-order valence-electron chi connectivity index (χ4n) is 17.3. The van der Waals surface area contributed by atoms with E-state index in [0.717, 1.165) is 11.1 Å². The van der Waals surface area contributed by atoms with Gasteiger partial charge in [-0.1, -0.05) is 45.9 Å². The van der Waals surface area contributed by atoms with Crippen molar-refractivity contribution in [2.24, 2.45) is 94.7 Å². The summed E-state index contributed by atoms with van der Waals surface area (Å²) in [5, 5.41) is 52.7. The number of nitrogens with one attached hydrogen (secondary N) is 5. The van der Waals surface area contributed by atoms with Crippen molar-refractivity contribution in [3.8, 4) is 0 Å². The van der Waals surface area contributed by atoms with Gasteiger partial charge < -0.3 is 112 Å². The first kappa shape index (κ1) is 94.7. The van der Waals surface area contributed by atoms with E-state index in [4.69, 9.17) is 85.4 Å². The van der Waals surface area contributed by atoms with E-state index in [1.165, 1.54) is 28.7 Å². The van der Waals surface area contributed by atoms with Crippen LogP contribution in [0.25, 0.3) is 16.4 Å². The molecule has 2 fully saturated rings. The van der Waals surface area contributed by atoms with Crippen LogP contribution < -0.4 is 65.9 Å². The van der Waals surface area contributed by atoms with Gasteiger partial charge in [-0.25, -0.2) is 9.67 Å². The summed E-state index contributed by atoms with van der Waals surface area (Å²) in [6.45, 7) is 21.6.